The van der Waals surface area contributed by atoms with Crippen LogP contribution < -0.4 is 15.3 Å². The lowest BCUT2D eigenvalue weighted by molar-refractivity contribution is 0.00578. The number of hydrogen-bond donors (Lipinski definition) is 0. The molecule has 0 aromatic carbocycles. The van der Waals surface area contributed by atoms with E-state index in [0.717, 1.165) is 31.6 Å². The van der Waals surface area contributed by atoms with E-state index in [1.54, 1.807) is 19.3 Å². The van der Waals surface area contributed by atoms with E-state index in [0.29, 0.717) is 24.1 Å². The van der Waals surface area contributed by atoms with Crippen LogP contribution >= 0.6 is 0 Å². The third kappa shape index (κ3) is 4.40. The van der Waals surface area contributed by atoms with Gasteiger partial charge in [0.15, 0.2) is 0 Å². The van der Waals surface area contributed by atoms with Gasteiger partial charge in [0.25, 0.3) is 0 Å². The molecular formula is C21H29BN6O4. The first-order chi connectivity index (χ1) is 15.2. The molecule has 0 radical (unpaired) electrons. The molecule has 2 aromatic heterocycles. The molecule has 2 aromatic rings. The Kier molecular flexibility index (Phi) is 6.04. The molecule has 2 aliphatic rings. The fraction of sp³-hybridized carbons (Fsp3) is 0.571. The second kappa shape index (κ2) is 8.63. The zero-order chi connectivity index (χ0) is 22.9. The van der Waals surface area contributed by atoms with Crippen LogP contribution in [0.2, 0.25) is 0 Å². The van der Waals surface area contributed by atoms with Crippen LogP contribution in [-0.2, 0) is 14.0 Å². The van der Waals surface area contributed by atoms with Crippen molar-refractivity contribution in [2.45, 2.75) is 45.8 Å². The Bertz CT molecular complexity index is 930. The van der Waals surface area contributed by atoms with Gasteiger partial charge in [-0.25, -0.2) is 24.7 Å². The summed E-state index contributed by atoms with van der Waals surface area (Å²) in [4.78, 5) is 33.7. The van der Waals surface area contributed by atoms with Crippen molar-refractivity contribution in [3.63, 3.8) is 0 Å². The Labute approximate surface area is 188 Å². The van der Waals surface area contributed by atoms with Crippen molar-refractivity contribution in [2.24, 2.45) is 0 Å². The van der Waals surface area contributed by atoms with Gasteiger partial charge in [-0.05, 0) is 34.6 Å². The lowest BCUT2D eigenvalue weighted by Gasteiger charge is -2.34. The molecule has 0 N–H and O–H groups in total. The molecule has 32 heavy (non-hydrogen) atoms. The smallest absolute Gasteiger partial charge is 0.462 e. The maximum atomic E-state index is 11.8. The molecule has 0 spiro atoms. The van der Waals surface area contributed by atoms with Crippen LogP contribution in [0.25, 0.3) is 0 Å². The quantitative estimate of drug-likeness (QED) is 0.496. The van der Waals surface area contributed by atoms with Gasteiger partial charge >= 0.3 is 13.1 Å². The van der Waals surface area contributed by atoms with Gasteiger partial charge in [0, 0.05) is 56.4 Å². The highest BCUT2D eigenvalue weighted by Crippen LogP contribution is 2.36. The predicted molar refractivity (Wildman–Crippen MR) is 120 cm³/mol. The molecule has 4 rings (SSSR count). The van der Waals surface area contributed by atoms with Crippen LogP contribution in [0.3, 0.4) is 0 Å². The average Bonchev–Trinajstić information content (AvgIpc) is 3.01. The number of carbonyl (C=O) groups is 1. The molecule has 0 saturated carbocycles. The van der Waals surface area contributed by atoms with Crippen molar-refractivity contribution in [1.29, 1.82) is 0 Å². The first-order valence-corrected chi connectivity index (χ1v) is 10.9. The van der Waals surface area contributed by atoms with E-state index in [2.05, 4.69) is 29.7 Å². The Morgan fingerprint density at radius 3 is 1.78 bits per heavy atom. The summed E-state index contributed by atoms with van der Waals surface area (Å²) in [5, 5.41) is 0. The van der Waals surface area contributed by atoms with Crippen molar-refractivity contribution < 1.29 is 18.8 Å². The van der Waals surface area contributed by atoms with Crippen LogP contribution in [0.15, 0.2) is 24.8 Å². The molecular weight excluding hydrogens is 411 g/mol. The molecule has 0 unspecified atom stereocenters. The minimum absolute atomic E-state index is 0.322. The highest BCUT2D eigenvalue weighted by Gasteiger charge is 2.52. The van der Waals surface area contributed by atoms with Crippen LogP contribution in [0, 0.1) is 0 Å². The van der Waals surface area contributed by atoms with Crippen LogP contribution in [0.4, 0.5) is 11.9 Å². The second-order valence-corrected chi connectivity index (χ2v) is 8.87. The summed E-state index contributed by atoms with van der Waals surface area (Å²) in [6, 6.07) is 0. The van der Waals surface area contributed by atoms with Crippen molar-refractivity contribution in [3.05, 3.63) is 30.4 Å². The number of piperazine rings is 1. The number of rotatable bonds is 5. The van der Waals surface area contributed by atoms with Crippen molar-refractivity contribution >= 4 is 30.4 Å². The number of carbonyl (C=O) groups excluding carboxylic acids is 1. The molecule has 11 heteroatoms. The number of nitrogens with zero attached hydrogens (tertiary/aromatic N) is 6. The summed E-state index contributed by atoms with van der Waals surface area (Å²) in [5.41, 5.74) is 0.359. The van der Waals surface area contributed by atoms with Crippen LogP contribution in [0.1, 0.15) is 45.0 Å². The SMILES string of the molecule is CCOC(=O)c1cnc(N2CCN(c3ncc(B4OC(C)(C)C(C)(C)O4)cn3)CC2)nc1. The number of hydrogen-bond acceptors (Lipinski definition) is 10. The Hall–Kier alpha value is -2.79. The van der Waals surface area contributed by atoms with Crippen LogP contribution in [0.5, 0.6) is 0 Å². The lowest BCUT2D eigenvalue weighted by Crippen LogP contribution is -2.48. The summed E-state index contributed by atoms with van der Waals surface area (Å²) >= 11 is 0. The Balaban J connectivity index is 1.34. The van der Waals surface area contributed by atoms with Crippen LogP contribution in [-0.4, -0.2) is 77.0 Å². The van der Waals surface area contributed by atoms with E-state index < -0.39 is 24.3 Å². The zero-order valence-corrected chi connectivity index (χ0v) is 19.2. The molecule has 0 aliphatic carbocycles. The van der Waals surface area contributed by atoms with Gasteiger partial charge < -0.3 is 23.8 Å². The summed E-state index contributed by atoms with van der Waals surface area (Å²) in [6.07, 6.45) is 6.55. The molecule has 0 amide bonds. The number of anilines is 2. The minimum atomic E-state index is -0.472. The molecule has 2 fully saturated rings. The van der Waals surface area contributed by atoms with Gasteiger partial charge in [0.05, 0.1) is 23.4 Å². The first kappa shape index (κ1) is 22.4. The highest BCUT2D eigenvalue weighted by molar-refractivity contribution is 6.61. The van der Waals surface area contributed by atoms with Gasteiger partial charge in [-0.2, -0.15) is 0 Å². The summed E-state index contributed by atoms with van der Waals surface area (Å²) in [6.45, 7) is 13.1. The minimum Gasteiger partial charge on any atom is -0.462 e. The van der Waals surface area contributed by atoms with Crippen molar-refractivity contribution in [1.82, 2.24) is 19.9 Å². The maximum absolute atomic E-state index is 11.8. The van der Waals surface area contributed by atoms with Gasteiger partial charge in [-0.3, -0.25) is 0 Å². The maximum Gasteiger partial charge on any atom is 0.498 e. The molecule has 2 aliphatic heterocycles. The molecule has 10 nitrogen and oxygen atoms in total. The number of esters is 1. The standard InChI is InChI=1S/C21H29BN6O4/c1-6-30-17(29)15-11-23-18(24-12-15)27-7-9-28(10-8-27)19-25-13-16(14-26-19)22-31-20(2,3)21(4,5)32-22/h11-14H,6-10H2,1-5H3. The van der Waals surface area contributed by atoms with E-state index >= 15 is 0 Å². The van der Waals surface area contributed by atoms with Gasteiger partial charge in [-0.15, -0.1) is 0 Å². The normalized spacial score (nSPS) is 19.8. The monoisotopic (exact) mass is 440 g/mol. The third-order valence-electron chi connectivity index (χ3n) is 6.18. The molecule has 4 heterocycles. The topological polar surface area (TPSA) is 103 Å². The predicted octanol–water partition coefficient (Wildman–Crippen LogP) is 1.07. The van der Waals surface area contributed by atoms with E-state index in [-0.39, 0.29) is 0 Å². The zero-order valence-electron chi connectivity index (χ0n) is 19.2. The first-order valence-electron chi connectivity index (χ1n) is 10.9. The summed E-state index contributed by atoms with van der Waals surface area (Å²) in [5.74, 6) is 0.850. The lowest BCUT2D eigenvalue weighted by atomic mass is 9.81. The Morgan fingerprint density at radius 2 is 1.34 bits per heavy atom. The van der Waals surface area contributed by atoms with Gasteiger partial charge in [0.2, 0.25) is 11.9 Å². The molecule has 0 atom stereocenters. The van der Waals surface area contributed by atoms with E-state index in [4.69, 9.17) is 14.0 Å². The largest absolute Gasteiger partial charge is 0.498 e. The third-order valence-corrected chi connectivity index (χ3v) is 6.18. The number of ether oxygens (including phenoxy) is 1. The fourth-order valence-corrected chi connectivity index (χ4v) is 3.51. The second-order valence-electron chi connectivity index (χ2n) is 8.87. The van der Waals surface area contributed by atoms with E-state index in [1.165, 1.54) is 12.4 Å². The van der Waals surface area contributed by atoms with Crippen molar-refractivity contribution in [3.8, 4) is 0 Å². The fourth-order valence-electron chi connectivity index (χ4n) is 3.51. The van der Waals surface area contributed by atoms with E-state index in [9.17, 15) is 4.79 Å². The highest BCUT2D eigenvalue weighted by atomic mass is 16.7. The van der Waals surface area contributed by atoms with Gasteiger partial charge in [-0.1, -0.05) is 0 Å². The Morgan fingerprint density at radius 1 is 0.906 bits per heavy atom. The molecule has 0 bridgehead atoms. The average molecular weight is 440 g/mol. The number of aromatic nitrogens is 4. The van der Waals surface area contributed by atoms with Gasteiger partial charge in [0.1, 0.15) is 0 Å². The summed E-state index contributed by atoms with van der Waals surface area (Å²) in [7, 11) is -0.472. The molecule has 2 saturated heterocycles. The molecule has 170 valence electrons. The summed E-state index contributed by atoms with van der Waals surface area (Å²) < 4.78 is 17.1. The van der Waals surface area contributed by atoms with Crippen molar-refractivity contribution in [2.75, 3.05) is 42.6 Å². The van der Waals surface area contributed by atoms with E-state index in [1.807, 2.05) is 27.7 Å².